The van der Waals surface area contributed by atoms with Gasteiger partial charge in [0.15, 0.2) is 0 Å². The number of Topliss-reactive ketones (excluding diaryl/α,β-unsaturated/α-hetero) is 1. The fourth-order valence-electron chi connectivity index (χ4n) is 1.22. The van der Waals surface area contributed by atoms with Crippen molar-refractivity contribution >= 4 is 22.1 Å². The SMILES string of the molecule is COC(=O)NS(=O)(=O)N1CCCC(=O)C1. The summed E-state index contributed by atoms with van der Waals surface area (Å²) < 4.78 is 29.7. The molecule has 15 heavy (non-hydrogen) atoms. The molecule has 1 N–H and O–H groups in total. The number of nitrogens with zero attached hydrogens (tertiary/aromatic N) is 1. The molecule has 1 aliphatic rings. The second-order valence-electron chi connectivity index (χ2n) is 3.07. The summed E-state index contributed by atoms with van der Waals surface area (Å²) in [6.07, 6.45) is -0.210. The molecule has 0 radical (unpaired) electrons. The smallest absolute Gasteiger partial charge is 0.421 e. The van der Waals surface area contributed by atoms with E-state index in [1.165, 1.54) is 0 Å². The van der Waals surface area contributed by atoms with Gasteiger partial charge in [0.2, 0.25) is 0 Å². The normalized spacial score (nSPS) is 18.6. The molecule has 1 heterocycles. The average molecular weight is 236 g/mol. The molecule has 0 aromatic rings. The lowest BCUT2D eigenvalue weighted by molar-refractivity contribution is -0.120. The zero-order valence-electron chi connectivity index (χ0n) is 8.23. The zero-order chi connectivity index (χ0) is 11.5. The number of amides is 1. The number of rotatable bonds is 2. The first kappa shape index (κ1) is 11.9. The molecule has 0 unspecified atom stereocenters. The molecule has 86 valence electrons. The molecule has 7 nitrogen and oxygen atoms in total. The molecular formula is C7H12N2O5S. The predicted octanol–water partition coefficient (Wildman–Crippen LogP) is -0.748. The van der Waals surface area contributed by atoms with Gasteiger partial charge in [-0.3, -0.25) is 4.79 Å². The third-order valence-electron chi connectivity index (χ3n) is 1.95. The van der Waals surface area contributed by atoms with Crippen molar-refractivity contribution in [2.75, 3.05) is 20.2 Å². The van der Waals surface area contributed by atoms with Crippen LogP contribution in [0.15, 0.2) is 0 Å². The van der Waals surface area contributed by atoms with Gasteiger partial charge in [-0.2, -0.15) is 12.7 Å². The minimum absolute atomic E-state index is 0.156. The van der Waals surface area contributed by atoms with Gasteiger partial charge in [-0.15, -0.1) is 0 Å². The first-order valence-corrected chi connectivity index (χ1v) is 5.77. The summed E-state index contributed by atoms with van der Waals surface area (Å²) in [6, 6.07) is 0. The number of methoxy groups -OCH3 is 1. The molecular weight excluding hydrogens is 224 g/mol. The minimum atomic E-state index is -3.94. The lowest BCUT2D eigenvalue weighted by atomic mass is 10.1. The van der Waals surface area contributed by atoms with E-state index in [4.69, 9.17) is 0 Å². The van der Waals surface area contributed by atoms with E-state index in [1.807, 2.05) is 0 Å². The standard InChI is InChI=1S/C7H12N2O5S/c1-14-7(11)8-15(12,13)9-4-2-3-6(10)5-9/h2-5H2,1H3,(H,8,11). The Morgan fingerprint density at radius 2 is 2.20 bits per heavy atom. The van der Waals surface area contributed by atoms with Crippen molar-refractivity contribution in [1.29, 1.82) is 0 Å². The fourth-order valence-corrected chi connectivity index (χ4v) is 2.33. The molecule has 0 saturated carbocycles. The summed E-state index contributed by atoms with van der Waals surface area (Å²) in [5, 5.41) is 0. The Kier molecular flexibility index (Phi) is 3.64. The number of carbonyl (C=O) groups excluding carboxylic acids is 2. The second kappa shape index (κ2) is 4.58. The Balaban J connectivity index is 2.68. The van der Waals surface area contributed by atoms with E-state index < -0.39 is 16.3 Å². The lowest BCUT2D eigenvalue weighted by Gasteiger charge is -2.24. The average Bonchev–Trinajstić information content (AvgIpc) is 2.17. The maximum Gasteiger partial charge on any atom is 0.421 e. The minimum Gasteiger partial charge on any atom is -0.452 e. The van der Waals surface area contributed by atoms with Crippen molar-refractivity contribution in [3.63, 3.8) is 0 Å². The number of ether oxygens (including phenoxy) is 1. The van der Waals surface area contributed by atoms with Gasteiger partial charge in [0, 0.05) is 13.0 Å². The molecule has 1 amide bonds. The number of hydrogen-bond donors (Lipinski definition) is 1. The summed E-state index contributed by atoms with van der Waals surface area (Å²) in [5.74, 6) is -0.156. The van der Waals surface area contributed by atoms with Crippen LogP contribution in [0.25, 0.3) is 0 Å². The largest absolute Gasteiger partial charge is 0.452 e. The molecule has 0 aromatic heterocycles. The monoisotopic (exact) mass is 236 g/mol. The topological polar surface area (TPSA) is 92.8 Å². The molecule has 0 bridgehead atoms. The molecule has 1 rings (SSSR count). The number of nitrogens with one attached hydrogen (secondary N) is 1. The van der Waals surface area contributed by atoms with Gasteiger partial charge in [-0.1, -0.05) is 0 Å². The van der Waals surface area contributed by atoms with Crippen molar-refractivity contribution in [2.24, 2.45) is 0 Å². The second-order valence-corrected chi connectivity index (χ2v) is 4.75. The zero-order valence-corrected chi connectivity index (χ0v) is 9.04. The summed E-state index contributed by atoms with van der Waals surface area (Å²) >= 11 is 0. The van der Waals surface area contributed by atoms with Gasteiger partial charge in [0.1, 0.15) is 5.78 Å². The Hall–Kier alpha value is -1.15. The Bertz CT molecular complexity index is 364. The predicted molar refractivity (Wildman–Crippen MR) is 50.3 cm³/mol. The highest BCUT2D eigenvalue weighted by Crippen LogP contribution is 2.09. The molecule has 0 aromatic carbocycles. The maximum absolute atomic E-state index is 11.5. The van der Waals surface area contributed by atoms with E-state index in [0.29, 0.717) is 12.8 Å². The first-order valence-electron chi connectivity index (χ1n) is 4.33. The van der Waals surface area contributed by atoms with Crippen LogP contribution >= 0.6 is 0 Å². The van der Waals surface area contributed by atoms with Crippen LogP contribution < -0.4 is 4.72 Å². The molecule has 0 spiro atoms. The van der Waals surface area contributed by atoms with E-state index in [2.05, 4.69) is 4.74 Å². The van der Waals surface area contributed by atoms with Gasteiger partial charge in [-0.25, -0.2) is 9.52 Å². The molecule has 1 fully saturated rings. The maximum atomic E-state index is 11.5. The Labute approximate surface area is 87.6 Å². The van der Waals surface area contributed by atoms with E-state index >= 15 is 0 Å². The Morgan fingerprint density at radius 3 is 2.73 bits per heavy atom. The molecule has 1 aliphatic heterocycles. The Morgan fingerprint density at radius 1 is 1.53 bits per heavy atom. The fraction of sp³-hybridized carbons (Fsp3) is 0.714. The summed E-state index contributed by atoms with van der Waals surface area (Å²) in [6.45, 7) is 0.0460. The van der Waals surface area contributed by atoms with Crippen LogP contribution in [-0.2, 0) is 19.7 Å². The van der Waals surface area contributed by atoms with Crippen LogP contribution in [0.5, 0.6) is 0 Å². The third kappa shape index (κ3) is 3.17. The van der Waals surface area contributed by atoms with Gasteiger partial charge in [0.25, 0.3) is 0 Å². The van der Waals surface area contributed by atoms with Crippen LogP contribution in [0.1, 0.15) is 12.8 Å². The van der Waals surface area contributed by atoms with Crippen molar-refractivity contribution in [1.82, 2.24) is 9.03 Å². The number of ketones is 1. The molecule has 0 atom stereocenters. The molecule has 1 saturated heterocycles. The molecule has 8 heteroatoms. The van der Waals surface area contributed by atoms with Crippen molar-refractivity contribution in [2.45, 2.75) is 12.8 Å². The van der Waals surface area contributed by atoms with Crippen LogP contribution in [0.3, 0.4) is 0 Å². The van der Waals surface area contributed by atoms with E-state index in [1.54, 1.807) is 4.72 Å². The highest BCUT2D eigenvalue weighted by molar-refractivity contribution is 7.87. The van der Waals surface area contributed by atoms with E-state index in [9.17, 15) is 18.0 Å². The first-order chi connectivity index (χ1) is 6.95. The van der Waals surface area contributed by atoms with Gasteiger partial charge in [-0.05, 0) is 6.42 Å². The van der Waals surface area contributed by atoms with Crippen LogP contribution in [0.2, 0.25) is 0 Å². The van der Waals surface area contributed by atoms with Gasteiger partial charge < -0.3 is 4.74 Å². The summed E-state index contributed by atoms with van der Waals surface area (Å²) in [5.41, 5.74) is 0. The summed E-state index contributed by atoms with van der Waals surface area (Å²) in [4.78, 5) is 21.8. The number of piperidine rings is 1. The quantitative estimate of drug-likeness (QED) is 0.681. The molecule has 0 aliphatic carbocycles. The van der Waals surface area contributed by atoms with E-state index in [0.717, 1.165) is 11.4 Å². The number of carbonyl (C=O) groups is 2. The van der Waals surface area contributed by atoms with Crippen molar-refractivity contribution in [3.8, 4) is 0 Å². The van der Waals surface area contributed by atoms with Gasteiger partial charge >= 0.3 is 16.3 Å². The number of hydrogen-bond acceptors (Lipinski definition) is 5. The van der Waals surface area contributed by atoms with Crippen LogP contribution in [0.4, 0.5) is 4.79 Å². The summed E-state index contributed by atoms with van der Waals surface area (Å²) in [7, 11) is -2.88. The third-order valence-corrected chi connectivity index (χ3v) is 3.37. The van der Waals surface area contributed by atoms with Crippen LogP contribution in [-0.4, -0.2) is 44.8 Å². The van der Waals surface area contributed by atoms with Gasteiger partial charge in [0.05, 0.1) is 13.7 Å². The highest BCUT2D eigenvalue weighted by Gasteiger charge is 2.29. The van der Waals surface area contributed by atoms with Crippen molar-refractivity contribution < 1.29 is 22.7 Å². The van der Waals surface area contributed by atoms with Crippen molar-refractivity contribution in [3.05, 3.63) is 0 Å². The van der Waals surface area contributed by atoms with Crippen LogP contribution in [0, 0.1) is 0 Å². The van der Waals surface area contributed by atoms with E-state index in [-0.39, 0.29) is 18.9 Å². The lowest BCUT2D eigenvalue weighted by Crippen LogP contribution is -2.47. The highest BCUT2D eigenvalue weighted by atomic mass is 32.2.